The molecule has 5 heteroatoms. The van der Waals surface area contributed by atoms with Gasteiger partial charge in [-0.3, -0.25) is 9.59 Å². The van der Waals surface area contributed by atoms with Gasteiger partial charge in [0.25, 0.3) is 0 Å². The molecular formula is C12H9ClO4. The van der Waals surface area contributed by atoms with Gasteiger partial charge < -0.3 is 5.11 Å². The van der Waals surface area contributed by atoms with E-state index in [1.54, 1.807) is 24.3 Å². The number of carbonyl (C=O) groups is 3. The maximum atomic E-state index is 11.2. The summed E-state index contributed by atoms with van der Waals surface area (Å²) in [6, 6.07) is 6.78. The number of carboxylic acids is 1. The zero-order chi connectivity index (χ0) is 12.8. The number of allylic oxidation sites excluding steroid dienone is 1. The van der Waals surface area contributed by atoms with Gasteiger partial charge in [0.05, 0.1) is 6.42 Å². The van der Waals surface area contributed by atoms with Crippen LogP contribution in [0.15, 0.2) is 30.3 Å². The van der Waals surface area contributed by atoms with Crippen LogP contribution in [0.25, 0.3) is 6.08 Å². The number of Topliss-reactive ketones (excluding diaryl/α,β-unsaturated/α-hetero) is 1. The number of carbonyl (C=O) groups excluding carboxylic acids is 2. The summed E-state index contributed by atoms with van der Waals surface area (Å²) in [5.74, 6) is -3.28. The first-order valence-corrected chi connectivity index (χ1v) is 5.09. The van der Waals surface area contributed by atoms with Crippen LogP contribution < -0.4 is 0 Å². The van der Waals surface area contributed by atoms with E-state index < -0.39 is 24.0 Å². The van der Waals surface area contributed by atoms with Gasteiger partial charge >= 0.3 is 5.97 Å². The molecule has 4 nitrogen and oxygen atoms in total. The lowest BCUT2D eigenvalue weighted by atomic mass is 10.1. The molecule has 0 amide bonds. The molecule has 0 bridgehead atoms. The van der Waals surface area contributed by atoms with Gasteiger partial charge in [0.15, 0.2) is 5.78 Å². The SMILES string of the molecule is O=C(/C=C/c1cccc(Cl)c1)CC(=O)C(=O)O. The first-order valence-electron chi connectivity index (χ1n) is 4.71. The van der Waals surface area contributed by atoms with Gasteiger partial charge in [-0.05, 0) is 23.8 Å². The fraction of sp³-hybridized carbons (Fsp3) is 0.0833. The number of benzene rings is 1. The number of ketones is 2. The number of aliphatic carboxylic acids is 1. The first-order chi connectivity index (χ1) is 7.99. The fourth-order valence-corrected chi connectivity index (χ4v) is 1.29. The topological polar surface area (TPSA) is 71.4 Å². The van der Waals surface area contributed by atoms with Crippen molar-refractivity contribution in [3.05, 3.63) is 40.9 Å². The van der Waals surface area contributed by atoms with Crippen LogP contribution in [0.4, 0.5) is 0 Å². The van der Waals surface area contributed by atoms with E-state index in [2.05, 4.69) is 0 Å². The van der Waals surface area contributed by atoms with E-state index in [0.29, 0.717) is 10.6 Å². The van der Waals surface area contributed by atoms with E-state index in [1.165, 1.54) is 6.08 Å². The molecule has 0 saturated heterocycles. The van der Waals surface area contributed by atoms with Gasteiger partial charge in [-0.1, -0.05) is 29.8 Å². The molecule has 0 fully saturated rings. The van der Waals surface area contributed by atoms with Gasteiger partial charge in [-0.2, -0.15) is 0 Å². The fourth-order valence-electron chi connectivity index (χ4n) is 1.09. The predicted octanol–water partition coefficient (Wildman–Crippen LogP) is 1.97. The standard InChI is InChI=1S/C12H9ClO4/c13-9-3-1-2-8(6-9)4-5-10(14)7-11(15)12(16)17/h1-6H,7H2,(H,16,17)/b5-4+. The van der Waals surface area contributed by atoms with E-state index in [4.69, 9.17) is 16.7 Å². The van der Waals surface area contributed by atoms with Crippen molar-refractivity contribution < 1.29 is 19.5 Å². The van der Waals surface area contributed by atoms with Crippen LogP contribution in [0.3, 0.4) is 0 Å². The highest BCUT2D eigenvalue weighted by Crippen LogP contribution is 2.11. The maximum absolute atomic E-state index is 11.2. The molecule has 1 aromatic rings. The van der Waals surface area contributed by atoms with E-state index in [1.807, 2.05) is 0 Å². The third-order valence-corrected chi connectivity index (χ3v) is 2.12. The number of hydrogen-bond donors (Lipinski definition) is 1. The summed E-state index contributed by atoms with van der Waals surface area (Å²) in [4.78, 5) is 32.2. The van der Waals surface area contributed by atoms with Gasteiger partial charge in [0.1, 0.15) is 0 Å². The van der Waals surface area contributed by atoms with Gasteiger partial charge in [0, 0.05) is 5.02 Å². The molecule has 1 aromatic carbocycles. The lowest BCUT2D eigenvalue weighted by Gasteiger charge is -1.94. The summed E-state index contributed by atoms with van der Waals surface area (Å²) in [5.41, 5.74) is 0.702. The molecule has 0 aliphatic carbocycles. The average Bonchev–Trinajstić information content (AvgIpc) is 2.26. The van der Waals surface area contributed by atoms with E-state index in [9.17, 15) is 14.4 Å². The third-order valence-electron chi connectivity index (χ3n) is 1.88. The molecule has 0 aliphatic heterocycles. The first kappa shape index (κ1) is 13.1. The second-order valence-corrected chi connectivity index (χ2v) is 3.70. The molecule has 0 aromatic heterocycles. The Balaban J connectivity index is 2.63. The number of rotatable bonds is 5. The highest BCUT2D eigenvalue weighted by Gasteiger charge is 2.14. The van der Waals surface area contributed by atoms with Crippen LogP contribution in [-0.4, -0.2) is 22.6 Å². The highest BCUT2D eigenvalue weighted by atomic mass is 35.5. The summed E-state index contributed by atoms with van der Waals surface area (Å²) < 4.78 is 0. The van der Waals surface area contributed by atoms with Crippen molar-refractivity contribution >= 4 is 35.2 Å². The molecule has 0 heterocycles. The largest absolute Gasteiger partial charge is 0.475 e. The van der Waals surface area contributed by atoms with Crippen LogP contribution in [0.1, 0.15) is 12.0 Å². The molecular weight excluding hydrogens is 244 g/mol. The zero-order valence-corrected chi connectivity index (χ0v) is 9.48. The van der Waals surface area contributed by atoms with Crippen molar-refractivity contribution in [3.63, 3.8) is 0 Å². The van der Waals surface area contributed by atoms with Crippen LogP contribution in [0, 0.1) is 0 Å². The molecule has 1 N–H and O–H groups in total. The Morgan fingerprint density at radius 1 is 1.29 bits per heavy atom. The quantitative estimate of drug-likeness (QED) is 0.494. The molecule has 88 valence electrons. The lowest BCUT2D eigenvalue weighted by Crippen LogP contribution is -2.15. The molecule has 17 heavy (non-hydrogen) atoms. The molecule has 1 rings (SSSR count). The maximum Gasteiger partial charge on any atom is 0.372 e. The number of carboxylic acid groups (broad SMARTS) is 1. The van der Waals surface area contributed by atoms with Crippen molar-refractivity contribution in [1.82, 2.24) is 0 Å². The summed E-state index contributed by atoms with van der Waals surface area (Å²) >= 11 is 5.74. The molecule has 0 aliphatic rings. The van der Waals surface area contributed by atoms with Crippen LogP contribution in [0.2, 0.25) is 5.02 Å². The highest BCUT2D eigenvalue weighted by molar-refractivity contribution is 6.37. The smallest absolute Gasteiger partial charge is 0.372 e. The molecule has 0 atom stereocenters. The van der Waals surface area contributed by atoms with Crippen molar-refractivity contribution in [3.8, 4) is 0 Å². The average molecular weight is 253 g/mol. The summed E-state index contributed by atoms with van der Waals surface area (Å²) in [6.07, 6.45) is 2.00. The number of halogens is 1. The van der Waals surface area contributed by atoms with Crippen molar-refractivity contribution in [2.24, 2.45) is 0 Å². The minimum Gasteiger partial charge on any atom is -0.475 e. The second kappa shape index (κ2) is 5.96. The Labute approximate surface area is 103 Å². The summed E-state index contributed by atoms with van der Waals surface area (Å²) in [7, 11) is 0. The van der Waals surface area contributed by atoms with Crippen molar-refractivity contribution in [1.29, 1.82) is 0 Å². The Morgan fingerprint density at radius 3 is 2.59 bits per heavy atom. The van der Waals surface area contributed by atoms with Crippen molar-refractivity contribution in [2.45, 2.75) is 6.42 Å². The van der Waals surface area contributed by atoms with Crippen LogP contribution in [-0.2, 0) is 14.4 Å². The Hall–Kier alpha value is -1.94. The molecule has 0 radical (unpaired) electrons. The van der Waals surface area contributed by atoms with Crippen molar-refractivity contribution in [2.75, 3.05) is 0 Å². The summed E-state index contributed by atoms with van der Waals surface area (Å²) in [6.45, 7) is 0. The van der Waals surface area contributed by atoms with E-state index in [-0.39, 0.29) is 0 Å². The van der Waals surface area contributed by atoms with Gasteiger partial charge in [0.2, 0.25) is 5.78 Å². The second-order valence-electron chi connectivity index (χ2n) is 3.26. The Bertz CT molecular complexity index is 491. The van der Waals surface area contributed by atoms with Crippen LogP contribution in [0.5, 0.6) is 0 Å². The summed E-state index contributed by atoms with van der Waals surface area (Å²) in [5, 5.41) is 8.84. The van der Waals surface area contributed by atoms with E-state index >= 15 is 0 Å². The monoisotopic (exact) mass is 252 g/mol. The molecule has 0 saturated carbocycles. The Morgan fingerprint density at radius 2 is 2.00 bits per heavy atom. The predicted molar refractivity (Wildman–Crippen MR) is 62.8 cm³/mol. The minimum atomic E-state index is -1.60. The lowest BCUT2D eigenvalue weighted by molar-refractivity contribution is -0.149. The Kier molecular flexibility index (Phi) is 4.60. The number of hydrogen-bond acceptors (Lipinski definition) is 3. The van der Waals surface area contributed by atoms with Crippen LogP contribution >= 0.6 is 11.6 Å². The van der Waals surface area contributed by atoms with Gasteiger partial charge in [-0.25, -0.2) is 4.79 Å². The molecule has 0 spiro atoms. The molecule has 0 unspecified atom stereocenters. The van der Waals surface area contributed by atoms with E-state index in [0.717, 1.165) is 6.08 Å². The normalized spacial score (nSPS) is 10.4. The van der Waals surface area contributed by atoms with Gasteiger partial charge in [-0.15, -0.1) is 0 Å². The zero-order valence-electron chi connectivity index (χ0n) is 8.72. The third kappa shape index (κ3) is 4.61. The minimum absolute atomic E-state index is 0.529.